The Morgan fingerprint density at radius 1 is 1.11 bits per heavy atom. The molecular weight excluding hydrogens is 340 g/mol. The Balaban J connectivity index is 1.21. The van der Waals surface area contributed by atoms with Crippen LogP contribution in [0.25, 0.3) is 0 Å². The van der Waals surface area contributed by atoms with Crippen molar-refractivity contribution >= 4 is 5.91 Å². The number of carbonyl (C=O) groups excluding carboxylic acids is 1. The van der Waals surface area contributed by atoms with Crippen molar-refractivity contribution in [2.75, 3.05) is 32.8 Å². The Bertz CT molecular complexity index is 637. The summed E-state index contributed by atoms with van der Waals surface area (Å²) in [5.74, 6) is 1.87. The molecule has 3 saturated heterocycles. The third kappa shape index (κ3) is 4.21. The van der Waals surface area contributed by atoms with E-state index in [-0.39, 0.29) is 12.0 Å². The SMILES string of the molecule is Cc1c(CN2CCC(C3CCN(C(=O)[C@H]4CCCO4)CC3)CC2)cnn1C. The standard InChI is InChI=1S/C21H34N4O2/c1-16-19(14-22-23(16)2)15-24-9-5-17(6-10-24)18-7-11-25(12-8-18)21(26)20-4-3-13-27-20/h14,17-18,20H,3-13,15H2,1-2H3/t20-/m1/s1. The highest BCUT2D eigenvalue weighted by Crippen LogP contribution is 2.33. The zero-order valence-electron chi connectivity index (χ0n) is 16.9. The lowest BCUT2D eigenvalue weighted by atomic mass is 9.78. The molecule has 150 valence electrons. The second-order valence-electron chi connectivity index (χ2n) is 8.66. The van der Waals surface area contributed by atoms with Crippen molar-refractivity contribution in [3.63, 3.8) is 0 Å². The highest BCUT2D eigenvalue weighted by Gasteiger charge is 2.34. The fraction of sp³-hybridized carbons (Fsp3) is 0.810. The van der Waals surface area contributed by atoms with Crippen LogP contribution >= 0.6 is 0 Å². The number of likely N-dealkylation sites (tertiary alicyclic amines) is 2. The molecule has 1 aromatic rings. The number of carbonyl (C=O) groups is 1. The monoisotopic (exact) mass is 374 g/mol. The van der Waals surface area contributed by atoms with Gasteiger partial charge in [-0.3, -0.25) is 14.4 Å². The van der Waals surface area contributed by atoms with Crippen molar-refractivity contribution in [2.45, 2.75) is 58.1 Å². The highest BCUT2D eigenvalue weighted by molar-refractivity contribution is 5.81. The summed E-state index contributed by atoms with van der Waals surface area (Å²) in [7, 11) is 2.01. The van der Waals surface area contributed by atoms with Gasteiger partial charge in [0.1, 0.15) is 6.10 Å². The van der Waals surface area contributed by atoms with Crippen molar-refractivity contribution in [1.82, 2.24) is 19.6 Å². The zero-order chi connectivity index (χ0) is 18.8. The van der Waals surface area contributed by atoms with Crippen LogP contribution in [0.2, 0.25) is 0 Å². The molecule has 1 aromatic heterocycles. The molecule has 6 heteroatoms. The molecule has 0 unspecified atom stereocenters. The van der Waals surface area contributed by atoms with E-state index in [0.29, 0.717) is 0 Å². The van der Waals surface area contributed by atoms with E-state index in [9.17, 15) is 4.79 Å². The Morgan fingerprint density at radius 2 is 1.78 bits per heavy atom. The molecule has 3 fully saturated rings. The maximum Gasteiger partial charge on any atom is 0.251 e. The summed E-state index contributed by atoms with van der Waals surface area (Å²) in [6.07, 6.45) is 8.74. The molecule has 27 heavy (non-hydrogen) atoms. The summed E-state index contributed by atoms with van der Waals surface area (Å²) in [6.45, 7) is 8.17. The van der Waals surface area contributed by atoms with Gasteiger partial charge in [0.15, 0.2) is 0 Å². The third-order valence-electron chi connectivity index (χ3n) is 7.09. The first-order valence-corrected chi connectivity index (χ1v) is 10.7. The van der Waals surface area contributed by atoms with Crippen LogP contribution in [0.15, 0.2) is 6.20 Å². The fourth-order valence-corrected chi connectivity index (χ4v) is 5.09. The molecule has 1 atom stereocenters. The molecule has 1 amide bonds. The zero-order valence-corrected chi connectivity index (χ0v) is 16.9. The van der Waals surface area contributed by atoms with E-state index >= 15 is 0 Å². The molecule has 4 heterocycles. The third-order valence-corrected chi connectivity index (χ3v) is 7.09. The van der Waals surface area contributed by atoms with E-state index in [1.807, 2.05) is 17.9 Å². The molecule has 3 aliphatic heterocycles. The Labute approximate surface area is 162 Å². The Hall–Kier alpha value is -1.40. The Kier molecular flexibility index (Phi) is 5.83. The van der Waals surface area contributed by atoms with Crippen molar-refractivity contribution in [3.05, 3.63) is 17.5 Å². The number of rotatable bonds is 4. The van der Waals surface area contributed by atoms with Gasteiger partial charge in [-0.15, -0.1) is 0 Å². The lowest BCUT2D eigenvalue weighted by molar-refractivity contribution is -0.142. The molecule has 0 aliphatic carbocycles. The first-order chi connectivity index (χ1) is 13.1. The number of nitrogens with zero attached hydrogens (tertiary/aromatic N) is 4. The average molecular weight is 375 g/mol. The van der Waals surface area contributed by atoms with Crippen LogP contribution in [-0.4, -0.2) is 64.4 Å². The van der Waals surface area contributed by atoms with Gasteiger partial charge < -0.3 is 9.64 Å². The molecule has 4 rings (SSSR count). The van der Waals surface area contributed by atoms with Crippen molar-refractivity contribution in [2.24, 2.45) is 18.9 Å². The fourth-order valence-electron chi connectivity index (χ4n) is 5.09. The van der Waals surface area contributed by atoms with Crippen LogP contribution in [0.4, 0.5) is 0 Å². The number of hydrogen-bond donors (Lipinski definition) is 0. The molecule has 3 aliphatic rings. The molecule has 0 spiro atoms. The topological polar surface area (TPSA) is 50.6 Å². The Morgan fingerprint density at radius 3 is 2.33 bits per heavy atom. The first kappa shape index (κ1) is 18.9. The maximum atomic E-state index is 12.5. The highest BCUT2D eigenvalue weighted by atomic mass is 16.5. The van der Waals surface area contributed by atoms with E-state index < -0.39 is 0 Å². The van der Waals surface area contributed by atoms with Crippen LogP contribution in [0.1, 0.15) is 49.8 Å². The van der Waals surface area contributed by atoms with Crippen LogP contribution in [-0.2, 0) is 23.1 Å². The van der Waals surface area contributed by atoms with Gasteiger partial charge in [-0.1, -0.05) is 0 Å². The summed E-state index contributed by atoms with van der Waals surface area (Å²) in [4.78, 5) is 17.2. The number of aromatic nitrogens is 2. The van der Waals surface area contributed by atoms with E-state index in [2.05, 4.69) is 21.8 Å². The summed E-state index contributed by atoms with van der Waals surface area (Å²) >= 11 is 0. The van der Waals surface area contributed by atoms with E-state index in [4.69, 9.17) is 4.74 Å². The smallest absolute Gasteiger partial charge is 0.251 e. The van der Waals surface area contributed by atoms with Gasteiger partial charge in [0.05, 0.1) is 6.20 Å². The number of ether oxygens (including phenoxy) is 1. The molecule has 6 nitrogen and oxygen atoms in total. The number of piperidine rings is 2. The minimum absolute atomic E-state index is 0.152. The van der Waals surface area contributed by atoms with Gasteiger partial charge in [-0.2, -0.15) is 5.10 Å². The number of amides is 1. The molecule has 0 bridgehead atoms. The van der Waals surface area contributed by atoms with Gasteiger partial charge in [-0.05, 0) is 70.4 Å². The van der Waals surface area contributed by atoms with Crippen LogP contribution in [0.3, 0.4) is 0 Å². The largest absolute Gasteiger partial charge is 0.368 e. The molecular formula is C21H34N4O2. The minimum Gasteiger partial charge on any atom is -0.368 e. The number of hydrogen-bond acceptors (Lipinski definition) is 4. The summed E-state index contributed by atoms with van der Waals surface area (Å²) < 4.78 is 7.54. The first-order valence-electron chi connectivity index (χ1n) is 10.7. The van der Waals surface area contributed by atoms with Gasteiger partial charge in [-0.25, -0.2) is 0 Å². The van der Waals surface area contributed by atoms with Crippen LogP contribution < -0.4 is 0 Å². The van der Waals surface area contributed by atoms with E-state index in [1.54, 1.807) is 0 Å². The molecule has 0 N–H and O–H groups in total. The second-order valence-corrected chi connectivity index (χ2v) is 8.66. The van der Waals surface area contributed by atoms with Gasteiger partial charge >= 0.3 is 0 Å². The van der Waals surface area contributed by atoms with Gasteiger partial charge in [0, 0.05) is 44.5 Å². The normalized spacial score (nSPS) is 26.0. The molecule has 0 aromatic carbocycles. The predicted octanol–water partition coefficient (Wildman–Crippen LogP) is 2.36. The second kappa shape index (κ2) is 8.31. The molecule has 0 radical (unpaired) electrons. The van der Waals surface area contributed by atoms with Gasteiger partial charge in [0.25, 0.3) is 5.91 Å². The predicted molar refractivity (Wildman–Crippen MR) is 104 cm³/mol. The molecule has 0 saturated carbocycles. The minimum atomic E-state index is -0.152. The van der Waals surface area contributed by atoms with Crippen molar-refractivity contribution in [3.8, 4) is 0 Å². The number of aryl methyl sites for hydroxylation is 1. The summed E-state index contributed by atoms with van der Waals surface area (Å²) in [6, 6.07) is 0. The van der Waals surface area contributed by atoms with Crippen molar-refractivity contribution < 1.29 is 9.53 Å². The van der Waals surface area contributed by atoms with Crippen molar-refractivity contribution in [1.29, 1.82) is 0 Å². The lowest BCUT2D eigenvalue weighted by Crippen LogP contribution is -2.45. The van der Waals surface area contributed by atoms with E-state index in [1.165, 1.54) is 50.0 Å². The van der Waals surface area contributed by atoms with Crippen LogP contribution in [0, 0.1) is 18.8 Å². The maximum absolute atomic E-state index is 12.5. The average Bonchev–Trinajstić information content (AvgIpc) is 3.35. The quantitative estimate of drug-likeness (QED) is 0.812. The van der Waals surface area contributed by atoms with Crippen LogP contribution in [0.5, 0.6) is 0 Å². The van der Waals surface area contributed by atoms with Gasteiger partial charge in [0.2, 0.25) is 0 Å². The summed E-state index contributed by atoms with van der Waals surface area (Å²) in [5.41, 5.74) is 2.64. The summed E-state index contributed by atoms with van der Waals surface area (Å²) in [5, 5.41) is 4.37. The lowest BCUT2D eigenvalue weighted by Gasteiger charge is -2.40. The van der Waals surface area contributed by atoms with E-state index in [0.717, 1.165) is 50.9 Å².